The van der Waals surface area contributed by atoms with Crippen LogP contribution < -0.4 is 5.12 Å². The van der Waals surface area contributed by atoms with Gasteiger partial charge in [-0.25, -0.2) is 9.59 Å². The highest BCUT2D eigenvalue weighted by molar-refractivity contribution is 5.91. The maximum atomic E-state index is 14.8. The van der Waals surface area contributed by atoms with Gasteiger partial charge in [0.1, 0.15) is 6.61 Å². The Balaban J connectivity index is 1.50. The first-order valence-corrected chi connectivity index (χ1v) is 9.98. The molecule has 0 aromatic heterocycles. The summed E-state index contributed by atoms with van der Waals surface area (Å²) in [6.45, 7) is -0.399. The number of anilines is 1. The Hall–Kier alpha value is -3.95. The lowest BCUT2D eigenvalue weighted by Crippen LogP contribution is -2.59. The average molecular weight is 477 g/mol. The predicted octanol–water partition coefficient (Wildman–Crippen LogP) is 6.10. The number of hydrogen-bond acceptors (Lipinski definition) is 5. The molecule has 1 aliphatic rings. The van der Waals surface area contributed by atoms with E-state index in [1.165, 1.54) is 6.07 Å². The van der Waals surface area contributed by atoms with Crippen molar-refractivity contribution in [3.8, 4) is 11.1 Å². The van der Waals surface area contributed by atoms with Gasteiger partial charge in [-0.3, -0.25) is 0 Å². The normalized spacial score (nSPS) is 14.5. The third-order valence-electron chi connectivity index (χ3n) is 5.41. The lowest BCUT2D eigenvalue weighted by molar-refractivity contribution is -0.244. The summed E-state index contributed by atoms with van der Waals surface area (Å²) in [6.07, 6.45) is -7.96. The molecule has 0 bridgehead atoms. The fourth-order valence-corrected chi connectivity index (χ4v) is 3.81. The molecule has 0 saturated heterocycles. The van der Waals surface area contributed by atoms with Crippen molar-refractivity contribution in [1.82, 2.24) is 0 Å². The molecule has 3 aromatic carbocycles. The van der Waals surface area contributed by atoms with E-state index >= 15 is 0 Å². The van der Waals surface area contributed by atoms with Crippen molar-refractivity contribution in [2.75, 3.05) is 11.7 Å². The number of ether oxygens (including phenoxy) is 2. The number of alkyl halides is 4. The largest absolute Gasteiger partial charge is 0.516 e. The van der Waals surface area contributed by atoms with Crippen molar-refractivity contribution in [1.29, 1.82) is 0 Å². The number of para-hydroxylation sites is 1. The number of esters is 1. The van der Waals surface area contributed by atoms with Crippen LogP contribution in [-0.2, 0) is 14.3 Å². The van der Waals surface area contributed by atoms with Crippen LogP contribution in [0.15, 0.2) is 78.9 Å². The molecule has 34 heavy (non-hydrogen) atoms. The zero-order valence-electron chi connectivity index (χ0n) is 17.3. The molecule has 1 unspecified atom stereocenters. The molecule has 0 aliphatic heterocycles. The predicted molar refractivity (Wildman–Crippen MR) is 111 cm³/mol. The minimum Gasteiger partial charge on any atom is -0.433 e. The van der Waals surface area contributed by atoms with E-state index in [-0.39, 0.29) is 0 Å². The number of carbonyl (C=O) groups is 2. The fraction of sp³-hybridized carbons (Fsp3) is 0.167. The zero-order chi connectivity index (χ0) is 24.5. The number of nitrogens with zero attached hydrogens (tertiary/aromatic N) is 1. The standard InChI is InChI=1S/C24H16F5NO4/c25-23(24(26,27)28,30(29)15-8-2-1-3-9-15)21(31)34-22(32)33-14-20-18-12-6-4-10-16(18)17-11-5-7-13-19(17)20/h1-13,20H,14H2. The Morgan fingerprint density at radius 2 is 1.29 bits per heavy atom. The first kappa shape index (κ1) is 23.2. The van der Waals surface area contributed by atoms with Crippen LogP contribution in [0.4, 0.5) is 32.5 Å². The summed E-state index contributed by atoms with van der Waals surface area (Å²) in [5, 5.41) is -1.44. The van der Waals surface area contributed by atoms with Gasteiger partial charge in [0.15, 0.2) is 0 Å². The molecule has 0 heterocycles. The van der Waals surface area contributed by atoms with Crippen LogP contribution in [0.1, 0.15) is 17.0 Å². The first-order chi connectivity index (χ1) is 16.1. The Morgan fingerprint density at radius 1 is 0.794 bits per heavy atom. The van der Waals surface area contributed by atoms with Gasteiger partial charge in [-0.15, -0.1) is 0 Å². The summed E-state index contributed by atoms with van der Waals surface area (Å²) in [6, 6.07) is 19.7. The molecular formula is C24H16F5NO4. The number of benzene rings is 3. The average Bonchev–Trinajstić information content (AvgIpc) is 3.15. The summed E-state index contributed by atoms with van der Waals surface area (Å²) in [4.78, 5) is 24.1. The number of rotatable bonds is 5. The highest BCUT2D eigenvalue weighted by atomic mass is 19.4. The van der Waals surface area contributed by atoms with Gasteiger partial charge in [-0.05, 0) is 34.4 Å². The van der Waals surface area contributed by atoms with E-state index in [1.54, 1.807) is 24.3 Å². The first-order valence-electron chi connectivity index (χ1n) is 9.98. The van der Waals surface area contributed by atoms with Crippen molar-refractivity contribution in [2.24, 2.45) is 0 Å². The fourth-order valence-electron chi connectivity index (χ4n) is 3.81. The molecular weight excluding hydrogens is 461 g/mol. The monoisotopic (exact) mass is 477 g/mol. The number of fused-ring (bicyclic) bond motifs is 3. The van der Waals surface area contributed by atoms with E-state index in [0.717, 1.165) is 46.5 Å². The van der Waals surface area contributed by atoms with E-state index in [9.17, 15) is 31.6 Å². The topological polar surface area (TPSA) is 55.8 Å². The highest BCUT2D eigenvalue weighted by Crippen LogP contribution is 2.45. The van der Waals surface area contributed by atoms with E-state index in [2.05, 4.69) is 4.74 Å². The van der Waals surface area contributed by atoms with Crippen molar-refractivity contribution >= 4 is 17.8 Å². The molecule has 10 heteroatoms. The van der Waals surface area contributed by atoms with Gasteiger partial charge in [0, 0.05) is 5.92 Å². The molecule has 0 saturated carbocycles. The van der Waals surface area contributed by atoms with Gasteiger partial charge >= 0.3 is 24.1 Å². The van der Waals surface area contributed by atoms with Gasteiger partial charge < -0.3 is 9.47 Å². The van der Waals surface area contributed by atoms with Crippen molar-refractivity contribution in [2.45, 2.75) is 17.9 Å². The SMILES string of the molecule is O=C(OCC1c2ccccc2-c2ccccc21)OC(=O)C(F)(N(F)c1ccccc1)C(F)(F)F. The van der Waals surface area contributed by atoms with Crippen LogP contribution in [0.3, 0.4) is 0 Å². The third-order valence-corrected chi connectivity index (χ3v) is 5.41. The summed E-state index contributed by atoms with van der Waals surface area (Å²) in [5.41, 5.74) is 2.43. The number of hydrogen-bond donors (Lipinski definition) is 0. The molecule has 1 aliphatic carbocycles. The molecule has 0 N–H and O–H groups in total. The molecule has 5 nitrogen and oxygen atoms in total. The Labute approximate surface area is 190 Å². The lowest BCUT2D eigenvalue weighted by atomic mass is 9.98. The Bertz CT molecular complexity index is 1170. The van der Waals surface area contributed by atoms with Gasteiger partial charge in [0.05, 0.1) is 5.69 Å². The smallest absolute Gasteiger partial charge is 0.433 e. The van der Waals surface area contributed by atoms with Crippen molar-refractivity contribution < 1.29 is 41.1 Å². The molecule has 0 fully saturated rings. The van der Waals surface area contributed by atoms with E-state index in [0.29, 0.717) is 0 Å². The summed E-state index contributed by atoms with van der Waals surface area (Å²) >= 11 is 0. The number of carbonyl (C=O) groups excluding carboxylic acids is 2. The molecule has 176 valence electrons. The Kier molecular flexibility index (Phi) is 5.99. The Morgan fingerprint density at radius 3 is 1.82 bits per heavy atom. The van der Waals surface area contributed by atoms with Gasteiger partial charge in [-0.1, -0.05) is 71.2 Å². The third kappa shape index (κ3) is 3.95. The molecule has 0 radical (unpaired) electrons. The zero-order valence-corrected chi connectivity index (χ0v) is 17.3. The molecule has 0 amide bonds. The summed E-state index contributed by atoms with van der Waals surface area (Å²) in [5.74, 6) is -8.58. The minimum atomic E-state index is -6.07. The second-order valence-corrected chi connectivity index (χ2v) is 7.41. The van der Waals surface area contributed by atoms with E-state index < -0.39 is 47.4 Å². The van der Waals surface area contributed by atoms with Gasteiger partial charge in [-0.2, -0.15) is 22.7 Å². The molecule has 0 spiro atoms. The van der Waals surface area contributed by atoms with Crippen LogP contribution >= 0.6 is 0 Å². The van der Waals surface area contributed by atoms with Crippen LogP contribution in [0.25, 0.3) is 11.1 Å². The lowest BCUT2D eigenvalue weighted by Gasteiger charge is -2.30. The van der Waals surface area contributed by atoms with Crippen molar-refractivity contribution in [3.05, 3.63) is 90.0 Å². The van der Waals surface area contributed by atoms with Crippen molar-refractivity contribution in [3.63, 3.8) is 0 Å². The highest BCUT2D eigenvalue weighted by Gasteiger charge is 2.69. The summed E-state index contributed by atoms with van der Waals surface area (Å²) in [7, 11) is 0. The minimum absolute atomic E-state index is 0.399. The molecule has 1 atom stereocenters. The second-order valence-electron chi connectivity index (χ2n) is 7.41. The van der Waals surface area contributed by atoms with E-state index in [4.69, 9.17) is 4.74 Å². The van der Waals surface area contributed by atoms with Crippen LogP contribution in [0, 0.1) is 0 Å². The second kappa shape index (κ2) is 8.77. The summed E-state index contributed by atoms with van der Waals surface area (Å²) < 4.78 is 78.2. The van der Waals surface area contributed by atoms with E-state index in [1.807, 2.05) is 24.3 Å². The van der Waals surface area contributed by atoms with Crippen LogP contribution in [0.5, 0.6) is 0 Å². The maximum Gasteiger partial charge on any atom is 0.516 e. The number of halogens is 5. The van der Waals surface area contributed by atoms with Crippen LogP contribution in [-0.4, -0.2) is 30.7 Å². The molecule has 3 aromatic rings. The molecule has 4 rings (SSSR count). The van der Waals surface area contributed by atoms with Gasteiger partial charge in [0.25, 0.3) is 0 Å². The quantitative estimate of drug-likeness (QED) is 0.146. The van der Waals surface area contributed by atoms with Crippen LogP contribution in [0.2, 0.25) is 0 Å². The maximum absolute atomic E-state index is 14.8. The van der Waals surface area contributed by atoms with Gasteiger partial charge in [0.2, 0.25) is 0 Å².